The zero-order valence-electron chi connectivity index (χ0n) is 14.3. The fraction of sp³-hybridized carbons (Fsp3) is 0.529. The van der Waals surface area contributed by atoms with Crippen LogP contribution < -0.4 is 19.7 Å². The average Bonchev–Trinajstić information content (AvgIpc) is 3.12. The van der Waals surface area contributed by atoms with Gasteiger partial charge in [0, 0.05) is 32.7 Å². The van der Waals surface area contributed by atoms with Crippen LogP contribution >= 0.6 is 0 Å². The quantitative estimate of drug-likeness (QED) is 0.813. The van der Waals surface area contributed by atoms with Crippen LogP contribution in [0, 0.1) is 0 Å². The Morgan fingerprint density at radius 3 is 2.71 bits per heavy atom. The minimum Gasteiger partial charge on any atom is -0.497 e. The molecular formula is C17H24N2O5. The molecule has 1 saturated heterocycles. The second-order valence-electron chi connectivity index (χ2n) is 5.50. The van der Waals surface area contributed by atoms with Crippen LogP contribution in [0.2, 0.25) is 0 Å². The first-order valence-corrected chi connectivity index (χ1v) is 7.96. The molecule has 1 aromatic rings. The van der Waals surface area contributed by atoms with Crippen molar-refractivity contribution in [3.05, 3.63) is 18.2 Å². The van der Waals surface area contributed by atoms with Crippen LogP contribution in [-0.2, 0) is 14.3 Å². The van der Waals surface area contributed by atoms with E-state index in [1.165, 1.54) is 6.92 Å². The summed E-state index contributed by atoms with van der Waals surface area (Å²) < 4.78 is 15.9. The summed E-state index contributed by atoms with van der Waals surface area (Å²) in [6.45, 7) is 2.76. The molecule has 0 radical (unpaired) electrons. The van der Waals surface area contributed by atoms with Crippen molar-refractivity contribution >= 4 is 17.5 Å². The summed E-state index contributed by atoms with van der Waals surface area (Å²) in [5, 5.41) is 2.82. The number of hydrogen-bond donors (Lipinski definition) is 1. The number of rotatable bonds is 7. The minimum absolute atomic E-state index is 0.131. The number of carbonyl (C=O) groups excluding carboxylic acids is 2. The van der Waals surface area contributed by atoms with Crippen molar-refractivity contribution in [1.82, 2.24) is 5.32 Å². The third-order valence-corrected chi connectivity index (χ3v) is 3.91. The van der Waals surface area contributed by atoms with Gasteiger partial charge in [0.1, 0.15) is 17.6 Å². The van der Waals surface area contributed by atoms with Crippen LogP contribution in [0.1, 0.15) is 19.8 Å². The highest BCUT2D eigenvalue weighted by atomic mass is 16.5. The Morgan fingerprint density at radius 1 is 1.33 bits per heavy atom. The van der Waals surface area contributed by atoms with Gasteiger partial charge in [-0.05, 0) is 25.0 Å². The van der Waals surface area contributed by atoms with Crippen molar-refractivity contribution in [2.75, 3.05) is 38.8 Å². The number of anilines is 1. The molecule has 1 N–H and O–H groups in total. The van der Waals surface area contributed by atoms with Crippen LogP contribution in [0.25, 0.3) is 0 Å². The second-order valence-corrected chi connectivity index (χ2v) is 5.50. The van der Waals surface area contributed by atoms with Crippen molar-refractivity contribution in [2.45, 2.75) is 25.9 Å². The Hall–Kier alpha value is -2.28. The van der Waals surface area contributed by atoms with E-state index in [-0.39, 0.29) is 17.9 Å². The van der Waals surface area contributed by atoms with E-state index in [0.717, 1.165) is 12.8 Å². The van der Waals surface area contributed by atoms with Gasteiger partial charge in [-0.3, -0.25) is 9.59 Å². The fourth-order valence-electron chi connectivity index (χ4n) is 2.64. The largest absolute Gasteiger partial charge is 0.497 e. The Morgan fingerprint density at radius 2 is 2.12 bits per heavy atom. The molecule has 0 saturated carbocycles. The highest BCUT2D eigenvalue weighted by Crippen LogP contribution is 2.32. The Balaban J connectivity index is 2.03. The van der Waals surface area contributed by atoms with Crippen molar-refractivity contribution in [2.24, 2.45) is 0 Å². The van der Waals surface area contributed by atoms with E-state index in [0.29, 0.717) is 36.9 Å². The van der Waals surface area contributed by atoms with E-state index < -0.39 is 0 Å². The summed E-state index contributed by atoms with van der Waals surface area (Å²) in [6.07, 6.45) is 1.27. The SMILES string of the molecule is COc1ccc(OC)c(N(CCNC(=O)C2CCCO2)C(C)=O)c1. The van der Waals surface area contributed by atoms with Gasteiger partial charge in [-0.1, -0.05) is 0 Å². The molecule has 7 heteroatoms. The number of nitrogens with one attached hydrogen (secondary N) is 1. The average molecular weight is 336 g/mol. The highest BCUT2D eigenvalue weighted by molar-refractivity contribution is 5.93. The molecule has 1 fully saturated rings. The van der Waals surface area contributed by atoms with Crippen molar-refractivity contribution in [1.29, 1.82) is 0 Å². The third-order valence-electron chi connectivity index (χ3n) is 3.91. The number of benzene rings is 1. The number of methoxy groups -OCH3 is 2. The summed E-state index contributed by atoms with van der Waals surface area (Å²) in [6, 6.07) is 5.25. The standard InChI is InChI=1S/C17H24N2O5/c1-12(20)19(9-8-18-17(21)16-5-4-10-24-16)14-11-13(22-2)6-7-15(14)23-3/h6-7,11,16H,4-5,8-10H2,1-3H3,(H,18,21). The van der Waals surface area contributed by atoms with Gasteiger partial charge in [-0.2, -0.15) is 0 Å². The first kappa shape index (κ1) is 18.1. The molecule has 1 atom stereocenters. The molecule has 1 heterocycles. The monoisotopic (exact) mass is 336 g/mol. The van der Waals surface area contributed by atoms with Crippen LogP contribution in [0.5, 0.6) is 11.5 Å². The van der Waals surface area contributed by atoms with Crippen LogP contribution in [0.15, 0.2) is 18.2 Å². The predicted octanol–water partition coefficient (Wildman–Crippen LogP) is 1.35. The summed E-state index contributed by atoms with van der Waals surface area (Å²) >= 11 is 0. The van der Waals surface area contributed by atoms with Gasteiger partial charge < -0.3 is 24.4 Å². The number of nitrogens with zero attached hydrogens (tertiary/aromatic N) is 1. The summed E-state index contributed by atoms with van der Waals surface area (Å²) in [5.74, 6) is 0.915. The Kier molecular flexibility index (Phi) is 6.43. The number of carbonyl (C=O) groups is 2. The predicted molar refractivity (Wildman–Crippen MR) is 89.6 cm³/mol. The lowest BCUT2D eigenvalue weighted by Crippen LogP contribution is -2.41. The van der Waals surface area contributed by atoms with Gasteiger partial charge in [0.2, 0.25) is 11.8 Å². The molecule has 1 unspecified atom stereocenters. The molecule has 24 heavy (non-hydrogen) atoms. The first-order chi connectivity index (χ1) is 11.6. The van der Waals surface area contributed by atoms with Crippen molar-refractivity contribution in [3.8, 4) is 11.5 Å². The topological polar surface area (TPSA) is 77.1 Å². The van der Waals surface area contributed by atoms with Gasteiger partial charge in [0.25, 0.3) is 0 Å². The fourth-order valence-corrected chi connectivity index (χ4v) is 2.64. The number of hydrogen-bond acceptors (Lipinski definition) is 5. The molecule has 132 valence electrons. The number of amides is 2. The van der Waals surface area contributed by atoms with E-state index in [4.69, 9.17) is 14.2 Å². The van der Waals surface area contributed by atoms with Gasteiger partial charge >= 0.3 is 0 Å². The number of ether oxygens (including phenoxy) is 3. The lowest BCUT2D eigenvalue weighted by molar-refractivity contribution is -0.130. The lowest BCUT2D eigenvalue weighted by Gasteiger charge is -2.24. The van der Waals surface area contributed by atoms with E-state index >= 15 is 0 Å². The van der Waals surface area contributed by atoms with Crippen molar-refractivity contribution in [3.63, 3.8) is 0 Å². The molecule has 0 aliphatic carbocycles. The maximum atomic E-state index is 12.0. The Labute approximate surface area is 141 Å². The first-order valence-electron chi connectivity index (χ1n) is 7.96. The smallest absolute Gasteiger partial charge is 0.249 e. The van der Waals surface area contributed by atoms with Crippen molar-refractivity contribution < 1.29 is 23.8 Å². The highest BCUT2D eigenvalue weighted by Gasteiger charge is 2.24. The molecule has 0 aromatic heterocycles. The van der Waals surface area contributed by atoms with Gasteiger partial charge in [-0.15, -0.1) is 0 Å². The van der Waals surface area contributed by atoms with E-state index in [9.17, 15) is 9.59 Å². The maximum absolute atomic E-state index is 12.0. The minimum atomic E-state index is -0.373. The van der Waals surface area contributed by atoms with Gasteiger partial charge in [0.15, 0.2) is 0 Å². The zero-order chi connectivity index (χ0) is 17.5. The molecule has 1 aliphatic rings. The van der Waals surface area contributed by atoms with Gasteiger partial charge in [0.05, 0.1) is 19.9 Å². The van der Waals surface area contributed by atoms with E-state index in [2.05, 4.69) is 5.32 Å². The molecular weight excluding hydrogens is 312 g/mol. The zero-order valence-corrected chi connectivity index (χ0v) is 14.3. The molecule has 0 spiro atoms. The molecule has 2 rings (SSSR count). The molecule has 7 nitrogen and oxygen atoms in total. The molecule has 1 aromatic carbocycles. The van der Waals surface area contributed by atoms with Crippen LogP contribution in [-0.4, -0.2) is 51.8 Å². The summed E-state index contributed by atoms with van der Waals surface area (Å²) in [5.41, 5.74) is 0.607. The maximum Gasteiger partial charge on any atom is 0.249 e. The second kappa shape index (κ2) is 8.54. The lowest BCUT2D eigenvalue weighted by atomic mass is 10.2. The van der Waals surface area contributed by atoms with E-state index in [1.54, 1.807) is 37.3 Å². The normalized spacial score (nSPS) is 16.5. The summed E-state index contributed by atoms with van der Waals surface area (Å²) in [4.78, 5) is 25.6. The third kappa shape index (κ3) is 4.38. The van der Waals surface area contributed by atoms with E-state index in [1.807, 2.05) is 0 Å². The molecule has 0 bridgehead atoms. The molecule has 2 amide bonds. The molecule has 1 aliphatic heterocycles. The Bertz CT molecular complexity index is 584. The summed E-state index contributed by atoms with van der Waals surface area (Å²) in [7, 11) is 3.11. The van der Waals surface area contributed by atoms with Crippen LogP contribution in [0.4, 0.5) is 5.69 Å². The van der Waals surface area contributed by atoms with Crippen LogP contribution in [0.3, 0.4) is 0 Å². The van der Waals surface area contributed by atoms with Gasteiger partial charge in [-0.25, -0.2) is 0 Å².